The second-order valence-corrected chi connectivity index (χ2v) is 7.92. The summed E-state index contributed by atoms with van der Waals surface area (Å²) in [5.74, 6) is 1.14. The Morgan fingerprint density at radius 3 is 2.61 bits per heavy atom. The van der Waals surface area contributed by atoms with Crippen LogP contribution in [0.3, 0.4) is 0 Å². The van der Waals surface area contributed by atoms with Crippen LogP contribution < -0.4 is 5.32 Å². The number of nitrogens with zero attached hydrogens (tertiary/aromatic N) is 2. The van der Waals surface area contributed by atoms with Crippen LogP contribution in [-0.2, 0) is 18.4 Å². The Morgan fingerprint density at radius 1 is 1.03 bits per heavy atom. The second kappa shape index (κ2) is 7.47. The third kappa shape index (κ3) is 3.30. The van der Waals surface area contributed by atoms with Crippen molar-refractivity contribution in [3.63, 3.8) is 0 Å². The minimum Gasteiger partial charge on any atom is -0.465 e. The van der Waals surface area contributed by atoms with Gasteiger partial charge in [0.25, 0.3) is 5.91 Å². The van der Waals surface area contributed by atoms with Gasteiger partial charge in [-0.15, -0.1) is 0 Å². The molecule has 1 atom stereocenters. The van der Waals surface area contributed by atoms with E-state index in [0.29, 0.717) is 17.9 Å². The average molecular weight is 413 g/mol. The number of nitrogens with one attached hydrogen (secondary N) is 1. The normalized spacial score (nSPS) is 15.5. The van der Waals surface area contributed by atoms with Gasteiger partial charge in [-0.3, -0.25) is 9.59 Å². The number of rotatable bonds is 5. The molecule has 6 heteroatoms. The number of hydrogen-bond acceptors (Lipinski definition) is 3. The monoisotopic (exact) mass is 413 g/mol. The first-order chi connectivity index (χ1) is 15.0. The van der Waals surface area contributed by atoms with Crippen LogP contribution in [0.15, 0.2) is 71.3 Å². The molecule has 4 aromatic rings. The summed E-state index contributed by atoms with van der Waals surface area (Å²) in [5.41, 5.74) is 3.69. The van der Waals surface area contributed by atoms with E-state index in [9.17, 15) is 9.59 Å². The molecule has 6 nitrogen and oxygen atoms in total. The number of carbonyl (C=O) groups excluding carboxylic acids is 2. The quantitative estimate of drug-likeness (QED) is 0.539. The fourth-order valence-corrected chi connectivity index (χ4v) is 4.44. The molecule has 1 aliphatic heterocycles. The molecule has 0 bridgehead atoms. The molecule has 5 rings (SSSR count). The van der Waals surface area contributed by atoms with Gasteiger partial charge in [0.2, 0.25) is 5.91 Å². The maximum absolute atomic E-state index is 13.3. The number of furan rings is 1. The zero-order valence-electron chi connectivity index (χ0n) is 17.5. The number of amides is 2. The average Bonchev–Trinajstić information content (AvgIpc) is 3.42. The largest absolute Gasteiger partial charge is 0.465 e. The first kappa shape index (κ1) is 19.2. The van der Waals surface area contributed by atoms with Crippen molar-refractivity contribution in [1.29, 1.82) is 0 Å². The summed E-state index contributed by atoms with van der Waals surface area (Å²) >= 11 is 0. The lowest BCUT2D eigenvalue weighted by molar-refractivity contribution is -0.122. The molecule has 0 radical (unpaired) electrons. The first-order valence-electron chi connectivity index (χ1n) is 10.3. The van der Waals surface area contributed by atoms with E-state index >= 15 is 0 Å². The van der Waals surface area contributed by atoms with Crippen LogP contribution in [0.5, 0.6) is 0 Å². The molecular formula is C25H23N3O3. The van der Waals surface area contributed by atoms with Crippen molar-refractivity contribution in [2.45, 2.75) is 19.5 Å². The summed E-state index contributed by atoms with van der Waals surface area (Å²) < 4.78 is 7.58. The van der Waals surface area contributed by atoms with Gasteiger partial charge in [0.05, 0.1) is 12.6 Å². The summed E-state index contributed by atoms with van der Waals surface area (Å²) in [6, 6.07) is 19.1. The zero-order chi connectivity index (χ0) is 21.5. The fraction of sp³-hybridized carbons (Fsp3) is 0.200. The number of para-hydroxylation sites is 1. The van der Waals surface area contributed by atoms with Crippen molar-refractivity contribution in [3.05, 3.63) is 95.1 Å². The van der Waals surface area contributed by atoms with Gasteiger partial charge < -0.3 is 19.2 Å². The van der Waals surface area contributed by atoms with Gasteiger partial charge in [0, 0.05) is 35.3 Å². The number of aryl methyl sites for hydroxylation is 2. The van der Waals surface area contributed by atoms with Crippen LogP contribution in [-0.4, -0.2) is 27.8 Å². The highest BCUT2D eigenvalue weighted by atomic mass is 16.3. The third-order valence-corrected chi connectivity index (χ3v) is 5.85. The SMILES string of the molecule is Cc1ccc(CNC(=O)CN2C(=O)c3ccccc3[C@@H]2c2cn(C)c3ccccc23)o1. The highest BCUT2D eigenvalue weighted by Crippen LogP contribution is 2.41. The van der Waals surface area contributed by atoms with E-state index in [1.54, 1.807) is 4.90 Å². The summed E-state index contributed by atoms with van der Waals surface area (Å²) in [7, 11) is 2.00. The molecule has 1 aliphatic rings. The first-order valence-corrected chi connectivity index (χ1v) is 10.3. The van der Waals surface area contributed by atoms with Gasteiger partial charge in [-0.05, 0) is 36.8 Å². The van der Waals surface area contributed by atoms with E-state index in [0.717, 1.165) is 27.8 Å². The van der Waals surface area contributed by atoms with Crippen molar-refractivity contribution < 1.29 is 14.0 Å². The van der Waals surface area contributed by atoms with Crippen LogP contribution in [0, 0.1) is 6.92 Å². The fourth-order valence-electron chi connectivity index (χ4n) is 4.44. The summed E-state index contributed by atoms with van der Waals surface area (Å²) in [6.07, 6.45) is 2.06. The van der Waals surface area contributed by atoms with Crippen molar-refractivity contribution >= 4 is 22.7 Å². The van der Waals surface area contributed by atoms with Gasteiger partial charge in [-0.1, -0.05) is 36.4 Å². The smallest absolute Gasteiger partial charge is 0.255 e. The molecule has 0 saturated carbocycles. The Labute approximate surface area is 180 Å². The molecule has 0 unspecified atom stereocenters. The van der Waals surface area contributed by atoms with Crippen LogP contribution in [0.25, 0.3) is 10.9 Å². The minimum absolute atomic E-state index is 0.0267. The van der Waals surface area contributed by atoms with E-state index in [-0.39, 0.29) is 24.4 Å². The van der Waals surface area contributed by atoms with Gasteiger partial charge in [0.1, 0.15) is 18.1 Å². The van der Waals surface area contributed by atoms with Crippen molar-refractivity contribution in [3.8, 4) is 0 Å². The third-order valence-electron chi connectivity index (χ3n) is 5.85. The minimum atomic E-state index is -0.314. The van der Waals surface area contributed by atoms with E-state index in [4.69, 9.17) is 4.42 Å². The summed E-state index contributed by atoms with van der Waals surface area (Å²) in [5, 5.41) is 3.95. The van der Waals surface area contributed by atoms with Gasteiger partial charge in [-0.2, -0.15) is 0 Å². The van der Waals surface area contributed by atoms with Crippen LogP contribution in [0.1, 0.15) is 39.0 Å². The maximum Gasteiger partial charge on any atom is 0.255 e. The van der Waals surface area contributed by atoms with Crippen LogP contribution in [0.4, 0.5) is 0 Å². The lowest BCUT2D eigenvalue weighted by Crippen LogP contribution is -2.39. The molecular weight excluding hydrogens is 390 g/mol. The number of carbonyl (C=O) groups is 2. The topological polar surface area (TPSA) is 67.5 Å². The van der Waals surface area contributed by atoms with Crippen molar-refractivity contribution in [1.82, 2.24) is 14.8 Å². The van der Waals surface area contributed by atoms with E-state index in [2.05, 4.69) is 28.2 Å². The van der Waals surface area contributed by atoms with Crippen molar-refractivity contribution in [2.75, 3.05) is 6.54 Å². The Bertz CT molecular complexity index is 1300. The van der Waals surface area contributed by atoms with Crippen molar-refractivity contribution in [2.24, 2.45) is 7.05 Å². The standard InChI is InChI=1S/C25H23N3O3/c1-16-11-12-17(31-16)13-26-23(29)15-28-24(19-8-3-4-9-20(19)25(28)30)21-14-27(2)22-10-6-5-7-18(21)22/h3-12,14,24H,13,15H2,1-2H3,(H,26,29)/t24-/m1/s1. The predicted octanol–water partition coefficient (Wildman–Crippen LogP) is 3.94. The number of fused-ring (bicyclic) bond motifs is 2. The maximum atomic E-state index is 13.3. The number of aromatic nitrogens is 1. The Balaban J connectivity index is 1.48. The molecule has 3 heterocycles. The van der Waals surface area contributed by atoms with E-state index in [1.165, 1.54) is 0 Å². The second-order valence-electron chi connectivity index (χ2n) is 7.92. The van der Waals surface area contributed by atoms with Crippen LogP contribution >= 0.6 is 0 Å². The molecule has 2 aromatic carbocycles. The van der Waals surface area contributed by atoms with E-state index < -0.39 is 0 Å². The molecule has 0 aliphatic carbocycles. The van der Waals surface area contributed by atoms with Gasteiger partial charge in [0.15, 0.2) is 0 Å². The zero-order valence-corrected chi connectivity index (χ0v) is 17.5. The lowest BCUT2D eigenvalue weighted by Gasteiger charge is -2.25. The Kier molecular flexibility index (Phi) is 4.62. The molecule has 0 spiro atoms. The molecule has 2 amide bonds. The molecule has 0 fully saturated rings. The number of hydrogen-bond donors (Lipinski definition) is 1. The molecule has 1 N–H and O–H groups in total. The summed E-state index contributed by atoms with van der Waals surface area (Å²) in [6.45, 7) is 2.13. The summed E-state index contributed by atoms with van der Waals surface area (Å²) in [4.78, 5) is 27.7. The van der Waals surface area contributed by atoms with Gasteiger partial charge in [-0.25, -0.2) is 0 Å². The predicted molar refractivity (Wildman–Crippen MR) is 118 cm³/mol. The highest BCUT2D eigenvalue weighted by molar-refractivity contribution is 6.02. The highest BCUT2D eigenvalue weighted by Gasteiger charge is 2.39. The molecule has 156 valence electrons. The van der Waals surface area contributed by atoms with E-state index in [1.807, 2.05) is 62.5 Å². The lowest BCUT2D eigenvalue weighted by atomic mass is 9.97. The Morgan fingerprint density at radius 2 is 1.81 bits per heavy atom. The molecule has 0 saturated heterocycles. The number of benzene rings is 2. The van der Waals surface area contributed by atoms with Gasteiger partial charge >= 0.3 is 0 Å². The molecule has 2 aromatic heterocycles. The molecule has 31 heavy (non-hydrogen) atoms. The Hall–Kier alpha value is -3.80. The van der Waals surface area contributed by atoms with Crippen LogP contribution in [0.2, 0.25) is 0 Å².